The first-order chi connectivity index (χ1) is 12.6. The van der Waals surface area contributed by atoms with Crippen LogP contribution in [0.5, 0.6) is 0 Å². The average Bonchev–Trinajstić information content (AvgIpc) is 2.62. The number of unbranched alkanes of at least 4 members (excludes halogenated alkanes) is 15. The van der Waals surface area contributed by atoms with Gasteiger partial charge in [0.1, 0.15) is 0 Å². The molecule has 0 bridgehead atoms. The lowest BCUT2D eigenvalue weighted by molar-refractivity contribution is 0.150. The number of nitrogens with two attached hydrogens (primary N) is 1. The van der Waals surface area contributed by atoms with Gasteiger partial charge in [0, 0.05) is 6.54 Å². The van der Waals surface area contributed by atoms with Crippen molar-refractivity contribution < 1.29 is 18.5 Å². The first kappa shape index (κ1) is 26.1. The number of phosphoric ester groups is 1. The Morgan fingerprint density at radius 2 is 1.00 bits per heavy atom. The largest absolute Gasteiger partial charge is 0.472 e. The van der Waals surface area contributed by atoms with E-state index >= 15 is 0 Å². The summed E-state index contributed by atoms with van der Waals surface area (Å²) in [5.74, 6) is 0. The van der Waals surface area contributed by atoms with Gasteiger partial charge in [-0.2, -0.15) is 0 Å². The third-order valence-electron chi connectivity index (χ3n) is 4.62. The highest BCUT2D eigenvalue weighted by molar-refractivity contribution is 7.47. The van der Waals surface area contributed by atoms with Gasteiger partial charge in [0.2, 0.25) is 0 Å². The second-order valence-corrected chi connectivity index (χ2v) is 8.68. The van der Waals surface area contributed by atoms with E-state index < -0.39 is 7.82 Å². The van der Waals surface area contributed by atoms with Crippen molar-refractivity contribution in [1.82, 2.24) is 0 Å². The molecule has 0 aliphatic rings. The van der Waals surface area contributed by atoms with Crippen LogP contribution in [0.4, 0.5) is 0 Å². The van der Waals surface area contributed by atoms with Gasteiger partial charge >= 0.3 is 7.82 Å². The predicted molar refractivity (Wildman–Crippen MR) is 110 cm³/mol. The van der Waals surface area contributed by atoms with E-state index in [-0.39, 0.29) is 19.8 Å². The van der Waals surface area contributed by atoms with E-state index in [1.807, 2.05) is 0 Å². The maximum absolute atomic E-state index is 11.4. The van der Waals surface area contributed by atoms with Crippen LogP contribution < -0.4 is 5.73 Å². The van der Waals surface area contributed by atoms with E-state index in [0.29, 0.717) is 0 Å². The smallest absolute Gasteiger partial charge is 0.328 e. The molecule has 0 aliphatic carbocycles. The van der Waals surface area contributed by atoms with E-state index in [1.54, 1.807) is 0 Å². The first-order valence-electron chi connectivity index (χ1n) is 10.9. The maximum Gasteiger partial charge on any atom is 0.472 e. The van der Waals surface area contributed by atoms with Crippen molar-refractivity contribution in [3.05, 3.63) is 0 Å². The normalized spacial score (nSPS) is 13.8. The summed E-state index contributed by atoms with van der Waals surface area (Å²) in [4.78, 5) is 9.33. The van der Waals surface area contributed by atoms with Crippen LogP contribution in [-0.4, -0.2) is 24.7 Å². The van der Waals surface area contributed by atoms with Crippen LogP contribution in [0.25, 0.3) is 0 Å². The van der Waals surface area contributed by atoms with Gasteiger partial charge in [0.15, 0.2) is 0 Å². The molecule has 3 N–H and O–H groups in total. The highest BCUT2D eigenvalue weighted by atomic mass is 31.2. The second-order valence-electron chi connectivity index (χ2n) is 7.23. The minimum atomic E-state index is -3.88. The fourth-order valence-corrected chi connectivity index (χ4v) is 3.81. The summed E-state index contributed by atoms with van der Waals surface area (Å²) in [6, 6.07) is 0. The molecule has 0 saturated heterocycles. The van der Waals surface area contributed by atoms with Crippen LogP contribution in [0.1, 0.15) is 110 Å². The molecule has 0 heterocycles. The van der Waals surface area contributed by atoms with Crippen molar-refractivity contribution in [1.29, 1.82) is 0 Å². The minimum Gasteiger partial charge on any atom is -0.328 e. The number of hydrogen-bond donors (Lipinski definition) is 2. The lowest BCUT2D eigenvalue weighted by Crippen LogP contribution is -2.08. The third-order valence-corrected chi connectivity index (χ3v) is 5.64. The first-order valence-corrected chi connectivity index (χ1v) is 12.4. The molecule has 0 radical (unpaired) electrons. The summed E-state index contributed by atoms with van der Waals surface area (Å²) in [6.45, 7) is 2.81. The quantitative estimate of drug-likeness (QED) is 0.176. The zero-order valence-corrected chi connectivity index (χ0v) is 18.0. The van der Waals surface area contributed by atoms with Crippen molar-refractivity contribution in [2.75, 3.05) is 19.8 Å². The average molecular weight is 394 g/mol. The molecule has 158 valence electrons. The molecule has 0 rings (SSSR count). The fraction of sp³-hybridized carbons (Fsp3) is 1.00. The van der Waals surface area contributed by atoms with Crippen LogP contribution in [-0.2, 0) is 13.6 Å². The Morgan fingerprint density at radius 3 is 1.38 bits per heavy atom. The molecular weight excluding hydrogens is 349 g/mol. The van der Waals surface area contributed by atoms with Crippen LogP contribution in [0.2, 0.25) is 0 Å². The molecule has 0 aromatic heterocycles. The number of rotatable bonds is 21. The standard InChI is InChI=1S/C20H44NO4P/c1-2-3-4-5-6-7-8-9-10-11-12-13-14-15-16-17-19-24-26(22,23)25-20-18-21/h2-21H2,1H3,(H,22,23). The third kappa shape index (κ3) is 20.4. The van der Waals surface area contributed by atoms with Crippen molar-refractivity contribution in [2.24, 2.45) is 5.73 Å². The molecule has 6 heteroatoms. The Morgan fingerprint density at radius 1 is 0.654 bits per heavy atom. The Hall–Kier alpha value is 0.0700. The summed E-state index contributed by atoms with van der Waals surface area (Å²) < 4.78 is 20.9. The summed E-state index contributed by atoms with van der Waals surface area (Å²) in [6.07, 6.45) is 20.9. The minimum absolute atomic E-state index is 0.0483. The molecule has 5 nitrogen and oxygen atoms in total. The van der Waals surface area contributed by atoms with Crippen LogP contribution in [0, 0.1) is 0 Å². The topological polar surface area (TPSA) is 81.8 Å². The van der Waals surface area contributed by atoms with Gasteiger partial charge in [-0.3, -0.25) is 9.05 Å². The molecule has 0 fully saturated rings. The Balaban J connectivity index is 3.14. The summed E-state index contributed by atoms with van der Waals surface area (Å²) >= 11 is 0. The van der Waals surface area contributed by atoms with E-state index in [2.05, 4.69) is 11.4 Å². The number of hydrogen-bond acceptors (Lipinski definition) is 4. The van der Waals surface area contributed by atoms with Crippen molar-refractivity contribution in [2.45, 2.75) is 110 Å². The zero-order valence-electron chi connectivity index (χ0n) is 17.1. The molecular formula is C20H44NO4P. The Labute approximate surface area is 162 Å². The van der Waals surface area contributed by atoms with Crippen molar-refractivity contribution in [3.63, 3.8) is 0 Å². The highest BCUT2D eigenvalue weighted by Gasteiger charge is 2.19. The molecule has 0 saturated carbocycles. The van der Waals surface area contributed by atoms with Crippen LogP contribution in [0.15, 0.2) is 0 Å². The maximum atomic E-state index is 11.4. The van der Waals surface area contributed by atoms with Gasteiger partial charge in [0.05, 0.1) is 13.2 Å². The Bertz CT molecular complexity index is 329. The zero-order chi connectivity index (χ0) is 19.3. The van der Waals surface area contributed by atoms with Crippen LogP contribution >= 0.6 is 7.82 Å². The van der Waals surface area contributed by atoms with Gasteiger partial charge in [-0.05, 0) is 6.42 Å². The highest BCUT2D eigenvalue weighted by Crippen LogP contribution is 2.42. The monoisotopic (exact) mass is 393 g/mol. The van der Waals surface area contributed by atoms with E-state index in [9.17, 15) is 9.46 Å². The SMILES string of the molecule is CCCCCCCCCCCCCCCCCCOP(=O)(O)OCCN. The molecule has 0 aliphatic heterocycles. The lowest BCUT2D eigenvalue weighted by atomic mass is 10.0. The Kier molecular flexibility index (Phi) is 19.9. The predicted octanol–water partition coefficient (Wildman–Crippen LogP) is 6.34. The summed E-state index contributed by atoms with van der Waals surface area (Å²) in [7, 11) is -3.88. The van der Waals surface area contributed by atoms with Crippen molar-refractivity contribution in [3.8, 4) is 0 Å². The molecule has 0 aromatic carbocycles. The van der Waals surface area contributed by atoms with Gasteiger partial charge in [-0.25, -0.2) is 4.57 Å². The lowest BCUT2D eigenvalue weighted by Gasteiger charge is -2.11. The fourth-order valence-electron chi connectivity index (χ4n) is 3.04. The molecule has 26 heavy (non-hydrogen) atoms. The van der Waals surface area contributed by atoms with Gasteiger partial charge in [-0.1, -0.05) is 103 Å². The van der Waals surface area contributed by atoms with E-state index in [4.69, 9.17) is 10.3 Å². The molecule has 1 unspecified atom stereocenters. The van der Waals surface area contributed by atoms with Gasteiger partial charge < -0.3 is 10.6 Å². The van der Waals surface area contributed by atoms with Gasteiger partial charge in [0.25, 0.3) is 0 Å². The van der Waals surface area contributed by atoms with E-state index in [0.717, 1.165) is 12.8 Å². The van der Waals surface area contributed by atoms with Crippen LogP contribution in [0.3, 0.4) is 0 Å². The number of phosphoric acid groups is 1. The molecule has 0 aromatic rings. The van der Waals surface area contributed by atoms with Gasteiger partial charge in [-0.15, -0.1) is 0 Å². The molecule has 1 atom stereocenters. The molecule has 0 spiro atoms. The second kappa shape index (κ2) is 19.8. The van der Waals surface area contributed by atoms with E-state index in [1.165, 1.54) is 89.9 Å². The summed E-state index contributed by atoms with van der Waals surface area (Å²) in [5, 5.41) is 0. The summed E-state index contributed by atoms with van der Waals surface area (Å²) in [5.41, 5.74) is 5.22. The molecule has 0 amide bonds. The van der Waals surface area contributed by atoms with Crippen molar-refractivity contribution >= 4 is 7.82 Å².